The van der Waals surface area contributed by atoms with Crippen molar-refractivity contribution < 1.29 is 31.1 Å². The van der Waals surface area contributed by atoms with Gasteiger partial charge in [0, 0.05) is 6.54 Å². The van der Waals surface area contributed by atoms with Crippen molar-refractivity contribution in [1.29, 1.82) is 0 Å². The predicted octanol–water partition coefficient (Wildman–Crippen LogP) is 2.86. The molecular weight excluding hydrogens is 409 g/mol. The fourth-order valence-corrected chi connectivity index (χ4v) is 3.88. The van der Waals surface area contributed by atoms with E-state index in [2.05, 4.69) is 5.32 Å². The van der Waals surface area contributed by atoms with E-state index >= 15 is 0 Å². The lowest BCUT2D eigenvalue weighted by Gasteiger charge is -2.34. The van der Waals surface area contributed by atoms with E-state index in [1.165, 1.54) is 12.1 Å². The molecule has 1 N–H and O–H groups in total. The Kier molecular flexibility index (Phi) is 5.48. The van der Waals surface area contributed by atoms with Crippen LogP contribution in [-0.2, 0) is 27.5 Å². The molecule has 0 aliphatic carbocycles. The highest BCUT2D eigenvalue weighted by atomic mass is 32.2. The van der Waals surface area contributed by atoms with Crippen LogP contribution in [0.5, 0.6) is 5.75 Å². The van der Waals surface area contributed by atoms with Gasteiger partial charge in [0.1, 0.15) is 5.75 Å². The van der Waals surface area contributed by atoms with Gasteiger partial charge >= 0.3 is 6.18 Å². The van der Waals surface area contributed by atoms with Crippen LogP contribution >= 0.6 is 0 Å². The summed E-state index contributed by atoms with van der Waals surface area (Å²) in [5, 5.41) is 2.51. The van der Waals surface area contributed by atoms with E-state index in [1.54, 1.807) is 25.1 Å². The maximum atomic E-state index is 12.8. The first-order valence-electron chi connectivity index (χ1n) is 8.64. The van der Waals surface area contributed by atoms with Crippen LogP contribution in [0, 0.1) is 6.92 Å². The van der Waals surface area contributed by atoms with E-state index in [-0.39, 0.29) is 24.4 Å². The summed E-state index contributed by atoms with van der Waals surface area (Å²) in [6.45, 7) is 1.42. The van der Waals surface area contributed by atoms with Gasteiger partial charge in [-0.25, -0.2) is 8.42 Å². The molecule has 3 rings (SSSR count). The Labute approximate surface area is 166 Å². The van der Waals surface area contributed by atoms with Crippen molar-refractivity contribution >= 4 is 21.6 Å². The number of sulfonamides is 1. The van der Waals surface area contributed by atoms with Crippen molar-refractivity contribution in [1.82, 2.24) is 5.32 Å². The maximum Gasteiger partial charge on any atom is 0.416 e. The van der Waals surface area contributed by atoms with Crippen molar-refractivity contribution in [2.75, 3.05) is 17.1 Å². The minimum absolute atomic E-state index is 0.151. The molecule has 1 atom stereocenters. The van der Waals surface area contributed by atoms with Gasteiger partial charge in [-0.2, -0.15) is 13.2 Å². The quantitative estimate of drug-likeness (QED) is 0.813. The summed E-state index contributed by atoms with van der Waals surface area (Å²) in [5.41, 5.74) is 0.619. The van der Waals surface area contributed by atoms with Crippen LogP contribution in [0.4, 0.5) is 18.9 Å². The first kappa shape index (κ1) is 21.0. The van der Waals surface area contributed by atoms with Crippen LogP contribution in [0.3, 0.4) is 0 Å². The molecule has 0 bridgehead atoms. The third-order valence-corrected chi connectivity index (χ3v) is 5.54. The van der Waals surface area contributed by atoms with Gasteiger partial charge in [0.25, 0.3) is 5.91 Å². The van der Waals surface area contributed by atoms with E-state index in [0.29, 0.717) is 5.69 Å². The Bertz CT molecular complexity index is 1040. The molecule has 0 saturated heterocycles. The van der Waals surface area contributed by atoms with Crippen LogP contribution in [0.2, 0.25) is 0 Å². The Morgan fingerprint density at radius 2 is 1.97 bits per heavy atom. The number of halogens is 3. The monoisotopic (exact) mass is 428 g/mol. The van der Waals surface area contributed by atoms with Crippen molar-refractivity contribution in [3.63, 3.8) is 0 Å². The number of fused-ring (bicyclic) bond motifs is 1. The number of nitrogens with one attached hydrogen (secondary N) is 1. The number of hydrogen-bond acceptors (Lipinski definition) is 4. The third-order valence-electron chi connectivity index (χ3n) is 4.40. The lowest BCUT2D eigenvalue weighted by atomic mass is 10.1. The predicted molar refractivity (Wildman–Crippen MR) is 101 cm³/mol. The fraction of sp³-hybridized carbons (Fsp3) is 0.316. The van der Waals surface area contributed by atoms with E-state index in [4.69, 9.17) is 4.74 Å². The van der Waals surface area contributed by atoms with Gasteiger partial charge < -0.3 is 10.1 Å². The highest BCUT2D eigenvalue weighted by Crippen LogP contribution is 2.36. The summed E-state index contributed by atoms with van der Waals surface area (Å²) in [4.78, 5) is 12.5. The molecular formula is C19H19F3N2O4S. The van der Waals surface area contributed by atoms with Gasteiger partial charge in [-0.3, -0.25) is 9.10 Å². The van der Waals surface area contributed by atoms with Crippen molar-refractivity contribution in [3.8, 4) is 5.75 Å². The highest BCUT2D eigenvalue weighted by Gasteiger charge is 2.35. The number of hydrogen-bond donors (Lipinski definition) is 1. The molecule has 1 heterocycles. The van der Waals surface area contributed by atoms with Gasteiger partial charge in [-0.15, -0.1) is 0 Å². The Morgan fingerprint density at radius 1 is 1.24 bits per heavy atom. The summed E-state index contributed by atoms with van der Waals surface area (Å²) < 4.78 is 69.5. The van der Waals surface area contributed by atoms with Crippen LogP contribution in [0.15, 0.2) is 42.5 Å². The average molecular weight is 428 g/mol. The van der Waals surface area contributed by atoms with Crippen LogP contribution in [-0.4, -0.2) is 33.2 Å². The molecule has 1 aliphatic heterocycles. The van der Waals surface area contributed by atoms with E-state index in [1.807, 2.05) is 0 Å². The van der Waals surface area contributed by atoms with Gasteiger partial charge in [-0.05, 0) is 42.3 Å². The number of nitrogens with zero attached hydrogens (tertiary/aromatic N) is 1. The van der Waals surface area contributed by atoms with Crippen molar-refractivity contribution in [2.24, 2.45) is 0 Å². The molecule has 156 valence electrons. The van der Waals surface area contributed by atoms with Crippen molar-refractivity contribution in [3.05, 3.63) is 59.2 Å². The Hall–Kier alpha value is -2.75. The highest BCUT2D eigenvalue weighted by molar-refractivity contribution is 7.92. The zero-order valence-electron chi connectivity index (χ0n) is 15.7. The molecule has 0 unspecified atom stereocenters. The molecule has 2 aromatic carbocycles. The second kappa shape index (κ2) is 7.58. The number of carbonyl (C=O) groups is 1. The molecule has 0 spiro atoms. The van der Waals surface area contributed by atoms with Gasteiger partial charge in [0.05, 0.1) is 24.1 Å². The van der Waals surface area contributed by atoms with Crippen LogP contribution < -0.4 is 14.4 Å². The van der Waals surface area contributed by atoms with Crippen molar-refractivity contribution in [2.45, 2.75) is 25.7 Å². The number of ether oxygens (including phenoxy) is 1. The zero-order chi connectivity index (χ0) is 21.4. The Balaban J connectivity index is 1.76. The first-order chi connectivity index (χ1) is 13.4. The number of alkyl halides is 3. The number of benzene rings is 2. The standard InChI is InChI=1S/C19H19F3N2O4S/c1-12-6-7-16-15(8-12)24(29(2,26)27)11-17(28-16)18(25)23-10-13-4-3-5-14(9-13)19(20,21)22/h3-9,17H,10-11H2,1-2H3,(H,23,25)/t17-/m1/s1. The molecule has 0 radical (unpaired) electrons. The molecule has 0 saturated carbocycles. The summed E-state index contributed by atoms with van der Waals surface area (Å²) in [7, 11) is -3.66. The number of aryl methyl sites for hydroxylation is 1. The summed E-state index contributed by atoms with van der Waals surface area (Å²) >= 11 is 0. The number of anilines is 1. The number of rotatable bonds is 4. The van der Waals surface area contributed by atoms with Gasteiger partial charge in [0.2, 0.25) is 10.0 Å². The second-order valence-electron chi connectivity index (χ2n) is 6.79. The number of carbonyl (C=O) groups excluding carboxylic acids is 1. The fourth-order valence-electron chi connectivity index (χ4n) is 2.97. The average Bonchev–Trinajstić information content (AvgIpc) is 2.64. The van der Waals surface area contributed by atoms with E-state index in [0.717, 1.165) is 28.3 Å². The van der Waals surface area contributed by atoms with E-state index < -0.39 is 33.8 Å². The largest absolute Gasteiger partial charge is 0.476 e. The SMILES string of the molecule is Cc1ccc2c(c1)N(S(C)(=O)=O)C[C@H](C(=O)NCc1cccc(C(F)(F)F)c1)O2. The summed E-state index contributed by atoms with van der Waals surface area (Å²) in [5.74, 6) is -0.381. The molecule has 6 nitrogen and oxygen atoms in total. The topological polar surface area (TPSA) is 75.7 Å². The molecule has 2 aromatic rings. The van der Waals surface area contributed by atoms with Gasteiger partial charge in [-0.1, -0.05) is 18.2 Å². The normalized spacial score (nSPS) is 16.7. The minimum atomic E-state index is -4.48. The summed E-state index contributed by atoms with van der Waals surface area (Å²) in [6, 6.07) is 9.55. The lowest BCUT2D eigenvalue weighted by Crippen LogP contribution is -2.50. The molecule has 1 aliphatic rings. The molecule has 0 aromatic heterocycles. The summed E-state index contributed by atoms with van der Waals surface area (Å²) in [6.07, 6.45) is -4.59. The lowest BCUT2D eigenvalue weighted by molar-refractivity contribution is -0.137. The number of amides is 1. The Morgan fingerprint density at radius 3 is 2.62 bits per heavy atom. The smallest absolute Gasteiger partial charge is 0.416 e. The van der Waals surface area contributed by atoms with E-state index in [9.17, 15) is 26.4 Å². The van der Waals surface area contributed by atoms with Crippen LogP contribution in [0.1, 0.15) is 16.7 Å². The minimum Gasteiger partial charge on any atom is -0.476 e. The van der Waals surface area contributed by atoms with Gasteiger partial charge in [0.15, 0.2) is 6.10 Å². The zero-order valence-corrected chi connectivity index (χ0v) is 16.5. The molecule has 1 amide bonds. The maximum absolute atomic E-state index is 12.8. The molecule has 10 heteroatoms. The molecule has 0 fully saturated rings. The van der Waals surface area contributed by atoms with Crippen LogP contribution in [0.25, 0.3) is 0 Å². The first-order valence-corrected chi connectivity index (χ1v) is 10.5. The second-order valence-corrected chi connectivity index (χ2v) is 8.69. The third kappa shape index (κ3) is 4.81. The molecule has 29 heavy (non-hydrogen) atoms.